The Morgan fingerprint density at radius 3 is 1.87 bits per heavy atom. The lowest BCUT2D eigenvalue weighted by atomic mass is 9.99. The van der Waals surface area contributed by atoms with Crippen LogP contribution in [0.3, 0.4) is 0 Å². The van der Waals surface area contributed by atoms with E-state index in [1.165, 1.54) is 0 Å². The largest absolute Gasteiger partial charge is 0.394 e. The average molecular weight is 343 g/mol. The molecule has 2 fully saturated rings. The van der Waals surface area contributed by atoms with Crippen LogP contribution < -0.4 is 0 Å². The van der Waals surface area contributed by atoms with Crippen molar-refractivity contribution in [1.82, 2.24) is 0 Å². The maximum absolute atomic E-state index is 10.0. The molecule has 0 aromatic rings. The van der Waals surface area contributed by atoms with Crippen LogP contribution in [0.25, 0.3) is 0 Å². The summed E-state index contributed by atoms with van der Waals surface area (Å²) in [5.41, 5.74) is 0. The van der Waals surface area contributed by atoms with Crippen molar-refractivity contribution >= 4 is 0 Å². The van der Waals surface area contributed by atoms with Crippen LogP contribution in [0, 0.1) is 0 Å². The molecule has 11 heteroatoms. The van der Waals surface area contributed by atoms with Gasteiger partial charge in [-0.1, -0.05) is 0 Å². The third-order valence-electron chi connectivity index (χ3n) is 4.14. The molecule has 23 heavy (non-hydrogen) atoms. The van der Waals surface area contributed by atoms with E-state index in [1.54, 1.807) is 0 Å². The van der Waals surface area contributed by atoms with Crippen LogP contribution in [0.15, 0.2) is 0 Å². The molecule has 0 radical (unpaired) electrons. The van der Waals surface area contributed by atoms with E-state index in [1.807, 2.05) is 0 Å². The maximum Gasteiger partial charge on any atom is 0.330 e. The lowest BCUT2D eigenvalue weighted by molar-refractivity contribution is -0.452. The van der Waals surface area contributed by atoms with Gasteiger partial charge in [-0.2, -0.15) is 0 Å². The van der Waals surface area contributed by atoms with E-state index in [0.717, 1.165) is 0 Å². The monoisotopic (exact) mass is 343 g/mol. The minimum atomic E-state index is -2.10. The van der Waals surface area contributed by atoms with Crippen molar-refractivity contribution in [2.75, 3.05) is 19.8 Å². The molecule has 0 bridgehead atoms. The van der Waals surface area contributed by atoms with Gasteiger partial charge >= 0.3 is 5.79 Å². The fourth-order valence-electron chi connectivity index (χ4n) is 2.70. The van der Waals surface area contributed by atoms with Gasteiger partial charge in [-0.3, -0.25) is 4.74 Å². The fourth-order valence-corrected chi connectivity index (χ4v) is 2.70. The lowest BCUT2D eigenvalue weighted by Crippen LogP contribution is -2.64. The predicted molar refractivity (Wildman–Crippen MR) is 69.8 cm³/mol. The molecule has 2 saturated heterocycles. The van der Waals surface area contributed by atoms with Crippen LogP contribution in [0.4, 0.5) is 0 Å². The maximum atomic E-state index is 10.0. The topological polar surface area (TPSA) is 193 Å². The Kier molecular flexibility index (Phi) is 5.92. The molecule has 0 aromatic heterocycles. The van der Waals surface area contributed by atoms with E-state index in [2.05, 4.69) is 4.74 Å². The van der Waals surface area contributed by atoms with E-state index in [0.29, 0.717) is 0 Å². The molecule has 0 saturated carbocycles. The van der Waals surface area contributed by atoms with Crippen molar-refractivity contribution in [3.8, 4) is 0 Å². The molecule has 3 unspecified atom stereocenters. The van der Waals surface area contributed by atoms with Crippen molar-refractivity contribution in [3.05, 3.63) is 0 Å². The summed E-state index contributed by atoms with van der Waals surface area (Å²) in [5.74, 6) is -2.10. The molecule has 0 aliphatic carbocycles. The van der Waals surface area contributed by atoms with Crippen LogP contribution in [0.5, 0.6) is 0 Å². The Morgan fingerprint density at radius 1 is 0.783 bits per heavy atom. The van der Waals surface area contributed by atoms with Crippen LogP contribution >= 0.6 is 0 Å². The summed E-state index contributed by atoms with van der Waals surface area (Å²) in [7, 11) is 0. The van der Waals surface area contributed by atoms with Gasteiger partial charge in [-0.05, 0) is 0 Å². The molecule has 9 atom stereocenters. The van der Waals surface area contributed by atoms with E-state index < -0.39 is 74.6 Å². The molecule has 0 aromatic carbocycles. The van der Waals surface area contributed by atoms with E-state index in [9.17, 15) is 30.6 Å². The summed E-state index contributed by atoms with van der Waals surface area (Å²) >= 11 is 0. The Hall–Kier alpha value is -0.440. The Balaban J connectivity index is 2.18. The second-order valence-electron chi connectivity index (χ2n) is 5.63. The molecule has 0 spiro atoms. The van der Waals surface area contributed by atoms with Gasteiger partial charge in [0.1, 0.15) is 37.1 Å². The SMILES string of the molecule is OCC1O[C@H]([OH+][C@]2(CO)O[C@H](CO)C(O)[C@H]2O)C(O)[C@@H](O)[C@@H]1O. The standard InChI is InChI=1S/C12H22O11/c13-1-4-6(16)8(18)9(19)11(21-4)23-12(3-15)10(20)7(17)5(2-14)22-12/h4-11,13-20H,1-3H2/p+1/t4?,5-,6-,7?,8+,9?,10-,11-,12+/m1/s1. The summed E-state index contributed by atoms with van der Waals surface area (Å²) in [6.45, 7) is -2.23. The molecule has 2 aliphatic heterocycles. The smallest absolute Gasteiger partial charge is 0.330 e. The van der Waals surface area contributed by atoms with Crippen molar-refractivity contribution in [1.29, 1.82) is 0 Å². The van der Waals surface area contributed by atoms with E-state index >= 15 is 0 Å². The summed E-state index contributed by atoms with van der Waals surface area (Å²) < 4.78 is 14.2. The Morgan fingerprint density at radius 2 is 1.39 bits per heavy atom. The molecule has 2 aliphatic rings. The Labute approximate surface area is 130 Å². The van der Waals surface area contributed by atoms with Gasteiger partial charge in [0.25, 0.3) is 6.29 Å². The summed E-state index contributed by atoms with van der Waals surface area (Å²) in [6.07, 6.45) is -12.3. The van der Waals surface area contributed by atoms with Gasteiger partial charge in [-0.15, -0.1) is 0 Å². The van der Waals surface area contributed by atoms with E-state index in [-0.39, 0.29) is 0 Å². The quantitative estimate of drug-likeness (QED) is 0.223. The number of aliphatic hydroxyl groups is 10. The van der Waals surface area contributed by atoms with Gasteiger partial charge in [-0.25, -0.2) is 0 Å². The first-order chi connectivity index (χ1) is 10.8. The molecule has 2 heterocycles. The number of rotatable bonds is 5. The normalized spacial score (nSPS) is 51.1. The second kappa shape index (κ2) is 7.21. The molecule has 2 rings (SSSR count). The predicted octanol–water partition coefficient (Wildman–Crippen LogP) is -5.88. The summed E-state index contributed by atoms with van der Waals surface area (Å²) in [6, 6.07) is 0. The van der Waals surface area contributed by atoms with Crippen molar-refractivity contribution in [2.24, 2.45) is 0 Å². The fraction of sp³-hybridized carbons (Fsp3) is 1.00. The number of aliphatic hydroxyl groups excluding tert-OH is 8. The van der Waals surface area contributed by atoms with Crippen LogP contribution in [0.2, 0.25) is 0 Å². The van der Waals surface area contributed by atoms with Crippen LogP contribution in [-0.4, -0.2) is 120 Å². The number of hydrogen-bond acceptors (Lipinski definition) is 10. The third-order valence-corrected chi connectivity index (χ3v) is 4.14. The molecule has 9 N–H and O–H groups in total. The number of ether oxygens (including phenoxy) is 3. The highest BCUT2D eigenvalue weighted by Crippen LogP contribution is 2.34. The first-order valence-electron chi connectivity index (χ1n) is 7.09. The third kappa shape index (κ3) is 3.23. The molecule has 0 amide bonds. The highest BCUT2D eigenvalue weighted by Gasteiger charge is 2.62. The molecule has 136 valence electrons. The van der Waals surface area contributed by atoms with Crippen molar-refractivity contribution in [3.63, 3.8) is 0 Å². The van der Waals surface area contributed by atoms with Gasteiger partial charge in [0.15, 0.2) is 12.2 Å². The highest BCUT2D eigenvalue weighted by atomic mass is 16.8. The zero-order valence-corrected chi connectivity index (χ0v) is 12.1. The average Bonchev–Trinajstić information content (AvgIpc) is 2.80. The molecular weight excluding hydrogens is 320 g/mol. The van der Waals surface area contributed by atoms with Gasteiger partial charge in [0.05, 0.1) is 13.2 Å². The zero-order chi connectivity index (χ0) is 17.4. The van der Waals surface area contributed by atoms with Crippen molar-refractivity contribution < 1.29 is 55.1 Å². The summed E-state index contributed by atoms with van der Waals surface area (Å²) in [4.78, 5) is 0. The Bertz CT molecular complexity index is 393. The minimum absolute atomic E-state index is 0.649. The van der Waals surface area contributed by atoms with E-state index in [4.69, 9.17) is 19.7 Å². The highest BCUT2D eigenvalue weighted by molar-refractivity contribution is 4.97. The first-order valence-corrected chi connectivity index (χ1v) is 7.09. The van der Waals surface area contributed by atoms with Gasteiger partial charge < -0.3 is 50.3 Å². The molecule has 11 nitrogen and oxygen atoms in total. The van der Waals surface area contributed by atoms with Gasteiger partial charge in [0.2, 0.25) is 0 Å². The van der Waals surface area contributed by atoms with Gasteiger partial charge in [0, 0.05) is 0 Å². The minimum Gasteiger partial charge on any atom is -0.394 e. The zero-order valence-electron chi connectivity index (χ0n) is 12.1. The van der Waals surface area contributed by atoms with Crippen LogP contribution in [0.1, 0.15) is 0 Å². The lowest BCUT2D eigenvalue weighted by Gasteiger charge is -2.40. The second-order valence-corrected chi connectivity index (χ2v) is 5.63. The number of hydrogen-bond donors (Lipinski definition) is 8. The first kappa shape index (κ1) is 18.9. The van der Waals surface area contributed by atoms with Crippen LogP contribution in [-0.2, 0) is 9.47 Å². The molecular formula is C12H23O11+. The van der Waals surface area contributed by atoms with Crippen molar-refractivity contribution in [2.45, 2.75) is 54.8 Å². The summed E-state index contributed by atoms with van der Waals surface area (Å²) in [5, 5.41) is 76.8.